The number of ether oxygens (including phenoxy) is 1. The summed E-state index contributed by atoms with van der Waals surface area (Å²) in [6, 6.07) is 5.28. The summed E-state index contributed by atoms with van der Waals surface area (Å²) >= 11 is 0. The van der Waals surface area contributed by atoms with E-state index in [4.69, 9.17) is 9.26 Å². The Morgan fingerprint density at radius 1 is 1.37 bits per heavy atom. The number of nitriles is 1. The van der Waals surface area contributed by atoms with Crippen molar-refractivity contribution >= 4 is 23.8 Å². The quantitative estimate of drug-likeness (QED) is 0.456. The zero-order valence-corrected chi connectivity index (χ0v) is 15.8. The van der Waals surface area contributed by atoms with Crippen LogP contribution in [0.4, 0.5) is 5.82 Å². The molecule has 0 spiro atoms. The van der Waals surface area contributed by atoms with E-state index < -0.39 is 18.5 Å². The van der Waals surface area contributed by atoms with E-state index in [9.17, 15) is 14.9 Å². The maximum Gasteiger partial charge on any atom is 0.349 e. The lowest BCUT2D eigenvalue weighted by molar-refractivity contribution is -0.142. The maximum atomic E-state index is 12.1. The van der Waals surface area contributed by atoms with Gasteiger partial charge in [0, 0.05) is 24.0 Å². The zero-order chi connectivity index (χ0) is 20.0. The van der Waals surface area contributed by atoms with Gasteiger partial charge in [-0.3, -0.25) is 4.79 Å². The lowest BCUT2D eigenvalue weighted by Crippen LogP contribution is -2.21. The number of hydrogen-bond acceptors (Lipinski definition) is 6. The van der Waals surface area contributed by atoms with Crippen LogP contribution in [0.3, 0.4) is 0 Å². The molecule has 2 rings (SSSR count). The number of aromatic nitrogens is 2. The summed E-state index contributed by atoms with van der Waals surface area (Å²) in [5.41, 5.74) is 2.62. The van der Waals surface area contributed by atoms with E-state index >= 15 is 0 Å². The molecule has 0 atom stereocenters. The van der Waals surface area contributed by atoms with Crippen LogP contribution in [0.2, 0.25) is 0 Å². The highest BCUT2D eigenvalue weighted by Gasteiger charge is 2.16. The van der Waals surface area contributed by atoms with Crippen LogP contribution in [0.5, 0.6) is 0 Å². The number of rotatable bonds is 7. The van der Waals surface area contributed by atoms with Crippen LogP contribution in [0, 0.1) is 32.1 Å². The second kappa shape index (κ2) is 8.85. The maximum absolute atomic E-state index is 12.1. The van der Waals surface area contributed by atoms with Crippen LogP contribution < -0.4 is 5.32 Å². The van der Waals surface area contributed by atoms with Crippen molar-refractivity contribution in [3.05, 3.63) is 40.4 Å². The molecule has 0 aliphatic rings. The van der Waals surface area contributed by atoms with Crippen LogP contribution >= 0.6 is 0 Å². The van der Waals surface area contributed by atoms with Gasteiger partial charge in [0.15, 0.2) is 12.4 Å². The Bertz CT molecular complexity index is 915. The molecule has 0 bridgehead atoms. The molecule has 0 aromatic carbocycles. The predicted octanol–water partition coefficient (Wildman–Crippen LogP) is 2.90. The van der Waals surface area contributed by atoms with Gasteiger partial charge < -0.3 is 19.1 Å². The normalized spacial score (nSPS) is 11.1. The monoisotopic (exact) mass is 370 g/mol. The summed E-state index contributed by atoms with van der Waals surface area (Å²) in [5, 5.41) is 15.3. The molecule has 0 unspecified atom stereocenters. The van der Waals surface area contributed by atoms with Gasteiger partial charge in [-0.05, 0) is 44.9 Å². The Kier molecular flexibility index (Phi) is 6.55. The number of nitrogens with zero attached hydrogens (tertiary/aromatic N) is 3. The molecule has 2 heterocycles. The van der Waals surface area contributed by atoms with Crippen molar-refractivity contribution in [2.24, 2.45) is 0 Å². The van der Waals surface area contributed by atoms with Gasteiger partial charge in [0.25, 0.3) is 5.91 Å². The lowest BCUT2D eigenvalue weighted by atomic mass is 10.1. The summed E-state index contributed by atoms with van der Waals surface area (Å²) in [6.45, 7) is 8.00. The molecular formula is C19H22N4O4. The number of nitrogens with one attached hydrogen (secondary N) is 1. The summed E-state index contributed by atoms with van der Waals surface area (Å²) in [4.78, 5) is 23.9. The van der Waals surface area contributed by atoms with Crippen molar-refractivity contribution < 1.29 is 18.8 Å². The SMILES string of the molecule is CCCn1c(C)cc(/C=C(\C#N)C(=O)OCC(=O)Nc2cc(C)on2)c1C. The molecule has 0 saturated heterocycles. The van der Waals surface area contributed by atoms with Crippen LogP contribution in [-0.4, -0.2) is 28.2 Å². The number of carbonyl (C=O) groups excluding carboxylic acids is 2. The molecule has 0 fully saturated rings. The summed E-state index contributed by atoms with van der Waals surface area (Å²) < 4.78 is 11.9. The molecule has 2 aromatic rings. The molecule has 27 heavy (non-hydrogen) atoms. The third-order valence-electron chi connectivity index (χ3n) is 3.93. The molecule has 8 heteroatoms. The Morgan fingerprint density at radius 3 is 2.70 bits per heavy atom. The molecule has 142 valence electrons. The van der Waals surface area contributed by atoms with Crippen LogP contribution in [0.1, 0.15) is 36.1 Å². The van der Waals surface area contributed by atoms with E-state index in [1.165, 1.54) is 12.1 Å². The molecule has 0 aliphatic carbocycles. The largest absolute Gasteiger partial charge is 0.451 e. The Balaban J connectivity index is 2.03. The first-order chi connectivity index (χ1) is 12.8. The predicted molar refractivity (Wildman–Crippen MR) is 98.6 cm³/mol. The molecule has 0 saturated carbocycles. The van der Waals surface area contributed by atoms with Gasteiger partial charge in [-0.1, -0.05) is 12.1 Å². The minimum atomic E-state index is -0.857. The first kappa shape index (κ1) is 20.0. The molecule has 1 N–H and O–H groups in total. The van der Waals surface area contributed by atoms with Crippen molar-refractivity contribution in [3.8, 4) is 6.07 Å². The number of esters is 1. The van der Waals surface area contributed by atoms with Gasteiger partial charge in [-0.25, -0.2) is 4.79 Å². The fourth-order valence-electron chi connectivity index (χ4n) is 2.65. The van der Waals surface area contributed by atoms with Crippen molar-refractivity contribution in [1.29, 1.82) is 5.26 Å². The van der Waals surface area contributed by atoms with E-state index in [0.717, 1.165) is 29.9 Å². The lowest BCUT2D eigenvalue weighted by Gasteiger charge is -2.07. The highest BCUT2D eigenvalue weighted by Crippen LogP contribution is 2.19. The average molecular weight is 370 g/mol. The number of hydrogen-bond donors (Lipinski definition) is 1. The minimum Gasteiger partial charge on any atom is -0.451 e. The molecule has 1 amide bonds. The molecule has 8 nitrogen and oxygen atoms in total. The van der Waals surface area contributed by atoms with Crippen molar-refractivity contribution in [3.63, 3.8) is 0 Å². The van der Waals surface area contributed by atoms with E-state index in [1.54, 1.807) is 6.92 Å². The van der Waals surface area contributed by atoms with Crippen molar-refractivity contribution in [1.82, 2.24) is 9.72 Å². The second-order valence-electron chi connectivity index (χ2n) is 6.10. The van der Waals surface area contributed by atoms with Crippen LogP contribution in [0.25, 0.3) is 6.08 Å². The first-order valence-corrected chi connectivity index (χ1v) is 8.54. The topological polar surface area (TPSA) is 110 Å². The van der Waals surface area contributed by atoms with Gasteiger partial charge in [0.2, 0.25) is 0 Å². The zero-order valence-electron chi connectivity index (χ0n) is 15.8. The third kappa shape index (κ3) is 5.07. The van der Waals surface area contributed by atoms with Crippen LogP contribution in [-0.2, 0) is 20.9 Å². The fourth-order valence-corrected chi connectivity index (χ4v) is 2.65. The Morgan fingerprint density at radius 2 is 2.11 bits per heavy atom. The molecule has 0 aliphatic heterocycles. The number of aryl methyl sites for hydroxylation is 2. The molecule has 0 radical (unpaired) electrons. The second-order valence-corrected chi connectivity index (χ2v) is 6.10. The highest BCUT2D eigenvalue weighted by atomic mass is 16.5. The number of anilines is 1. The van der Waals surface area contributed by atoms with Crippen molar-refractivity contribution in [2.45, 2.75) is 40.7 Å². The minimum absolute atomic E-state index is 0.170. The number of carbonyl (C=O) groups is 2. The fraction of sp³-hybridized carbons (Fsp3) is 0.368. The highest BCUT2D eigenvalue weighted by molar-refractivity contribution is 6.00. The Hall–Kier alpha value is -3.34. The number of amides is 1. The molecule has 2 aromatic heterocycles. The van der Waals surface area contributed by atoms with Crippen LogP contribution in [0.15, 0.2) is 22.2 Å². The van der Waals surface area contributed by atoms with Gasteiger partial charge in [-0.2, -0.15) is 5.26 Å². The summed E-state index contributed by atoms with van der Waals surface area (Å²) in [6.07, 6.45) is 2.46. The summed E-state index contributed by atoms with van der Waals surface area (Å²) in [5.74, 6) is -0.662. The third-order valence-corrected chi connectivity index (χ3v) is 3.93. The van der Waals surface area contributed by atoms with Crippen molar-refractivity contribution in [2.75, 3.05) is 11.9 Å². The van der Waals surface area contributed by atoms with E-state index in [-0.39, 0.29) is 11.4 Å². The van der Waals surface area contributed by atoms with Gasteiger partial charge in [0.05, 0.1) is 0 Å². The standard InChI is InChI=1S/C19H22N4O4/c1-5-6-23-12(2)7-15(14(23)4)9-16(10-20)19(25)26-11-18(24)21-17-8-13(3)27-22-17/h7-9H,5-6,11H2,1-4H3,(H,21,22,24)/b16-9+. The van der Waals surface area contributed by atoms with Gasteiger partial charge in [-0.15, -0.1) is 0 Å². The average Bonchev–Trinajstić information content (AvgIpc) is 3.15. The first-order valence-electron chi connectivity index (χ1n) is 8.54. The Labute approximate surface area is 157 Å². The summed E-state index contributed by atoms with van der Waals surface area (Å²) in [7, 11) is 0. The van der Waals surface area contributed by atoms with Gasteiger partial charge >= 0.3 is 5.97 Å². The van der Waals surface area contributed by atoms with E-state index in [1.807, 2.05) is 26.0 Å². The molecular weight excluding hydrogens is 348 g/mol. The smallest absolute Gasteiger partial charge is 0.349 e. The van der Waals surface area contributed by atoms with E-state index in [2.05, 4.69) is 22.0 Å². The van der Waals surface area contributed by atoms with Gasteiger partial charge in [0.1, 0.15) is 17.4 Å². The van der Waals surface area contributed by atoms with E-state index in [0.29, 0.717) is 5.76 Å².